The summed E-state index contributed by atoms with van der Waals surface area (Å²) in [7, 11) is 0. The zero-order chi connectivity index (χ0) is 18.1. The molecule has 0 radical (unpaired) electrons. The van der Waals surface area contributed by atoms with Gasteiger partial charge in [0.05, 0.1) is 19.8 Å². The number of aliphatic hydroxyl groups excluding tert-OH is 4. The maximum absolute atomic E-state index is 11.9. The number of ether oxygens (including phenoxy) is 3. The second kappa shape index (κ2) is 10.2. The molecule has 9 heteroatoms. The first-order chi connectivity index (χ1) is 11.5. The Kier molecular flexibility index (Phi) is 8.69. The van der Waals surface area contributed by atoms with Gasteiger partial charge in [-0.2, -0.15) is 0 Å². The summed E-state index contributed by atoms with van der Waals surface area (Å²) in [5, 5.41) is 36.7. The van der Waals surface area contributed by atoms with Gasteiger partial charge in [0.15, 0.2) is 12.2 Å². The summed E-state index contributed by atoms with van der Waals surface area (Å²) < 4.78 is 15.0. The molecule has 0 aromatic rings. The van der Waals surface area contributed by atoms with Crippen LogP contribution in [-0.2, 0) is 23.8 Å². The van der Waals surface area contributed by atoms with E-state index in [1.54, 1.807) is 0 Å². The molecule has 1 aliphatic heterocycles. The first-order valence-corrected chi connectivity index (χ1v) is 7.83. The molecule has 0 saturated heterocycles. The second-order valence-electron chi connectivity index (χ2n) is 5.30. The SMILES string of the molecule is CCCCCCOC1=C(OC(=O)C(O)CO)[C@@H]([C@@H](O)CO)OC1=O. The number of rotatable bonds is 11. The van der Waals surface area contributed by atoms with Crippen LogP contribution >= 0.6 is 0 Å². The molecule has 0 amide bonds. The number of esters is 2. The van der Waals surface area contributed by atoms with Gasteiger partial charge >= 0.3 is 11.9 Å². The van der Waals surface area contributed by atoms with E-state index in [1.807, 2.05) is 6.92 Å². The molecule has 0 aromatic carbocycles. The van der Waals surface area contributed by atoms with E-state index in [9.17, 15) is 19.8 Å². The average Bonchev–Trinajstić information content (AvgIpc) is 2.89. The highest BCUT2D eigenvalue weighted by atomic mass is 16.6. The molecule has 24 heavy (non-hydrogen) atoms. The van der Waals surface area contributed by atoms with Crippen LogP contribution in [0.25, 0.3) is 0 Å². The van der Waals surface area contributed by atoms with Crippen LogP contribution in [-0.4, -0.2) is 70.5 Å². The monoisotopic (exact) mass is 348 g/mol. The van der Waals surface area contributed by atoms with Crippen molar-refractivity contribution in [2.24, 2.45) is 0 Å². The molecule has 0 bridgehead atoms. The summed E-state index contributed by atoms with van der Waals surface area (Å²) in [6.07, 6.45) is -1.18. The summed E-state index contributed by atoms with van der Waals surface area (Å²) >= 11 is 0. The Morgan fingerprint density at radius 3 is 2.50 bits per heavy atom. The van der Waals surface area contributed by atoms with Crippen LogP contribution in [0.5, 0.6) is 0 Å². The van der Waals surface area contributed by atoms with Crippen molar-refractivity contribution < 1.29 is 44.2 Å². The van der Waals surface area contributed by atoms with E-state index in [4.69, 9.17) is 24.4 Å². The molecular formula is C15H24O9. The molecule has 0 aliphatic carbocycles. The topological polar surface area (TPSA) is 143 Å². The van der Waals surface area contributed by atoms with Crippen molar-refractivity contribution in [2.75, 3.05) is 19.8 Å². The van der Waals surface area contributed by atoms with Crippen LogP contribution in [0.4, 0.5) is 0 Å². The van der Waals surface area contributed by atoms with E-state index >= 15 is 0 Å². The van der Waals surface area contributed by atoms with Crippen molar-refractivity contribution in [1.29, 1.82) is 0 Å². The molecule has 1 heterocycles. The fraction of sp³-hybridized carbons (Fsp3) is 0.733. The quantitative estimate of drug-likeness (QED) is 0.272. The highest BCUT2D eigenvalue weighted by Gasteiger charge is 2.43. The molecule has 1 unspecified atom stereocenters. The molecule has 4 N–H and O–H groups in total. The van der Waals surface area contributed by atoms with E-state index in [0.717, 1.165) is 19.3 Å². The van der Waals surface area contributed by atoms with E-state index in [0.29, 0.717) is 6.42 Å². The van der Waals surface area contributed by atoms with Gasteiger partial charge in [0.1, 0.15) is 6.10 Å². The highest BCUT2D eigenvalue weighted by Crippen LogP contribution is 2.28. The van der Waals surface area contributed by atoms with Crippen LogP contribution in [0.15, 0.2) is 11.5 Å². The van der Waals surface area contributed by atoms with Crippen LogP contribution in [0.3, 0.4) is 0 Å². The summed E-state index contributed by atoms with van der Waals surface area (Å²) in [4.78, 5) is 23.5. The Hall–Kier alpha value is -1.68. The van der Waals surface area contributed by atoms with Crippen molar-refractivity contribution in [2.45, 2.75) is 50.9 Å². The van der Waals surface area contributed by atoms with Crippen LogP contribution in [0, 0.1) is 0 Å². The lowest BCUT2D eigenvalue weighted by Crippen LogP contribution is -2.35. The molecule has 0 aromatic heterocycles. The highest BCUT2D eigenvalue weighted by molar-refractivity contribution is 5.90. The summed E-state index contributed by atoms with van der Waals surface area (Å²) in [6, 6.07) is 0. The van der Waals surface area contributed by atoms with E-state index < -0.39 is 49.2 Å². The number of hydrogen-bond acceptors (Lipinski definition) is 9. The summed E-state index contributed by atoms with van der Waals surface area (Å²) in [5.74, 6) is -2.98. The second-order valence-corrected chi connectivity index (χ2v) is 5.30. The normalized spacial score (nSPS) is 19.9. The Bertz CT molecular complexity index is 460. The minimum atomic E-state index is -1.81. The predicted octanol–water partition coefficient (Wildman–Crippen LogP) is -1.03. The molecule has 3 atom stereocenters. The van der Waals surface area contributed by atoms with E-state index in [1.165, 1.54) is 0 Å². The van der Waals surface area contributed by atoms with Crippen LogP contribution in [0.2, 0.25) is 0 Å². The van der Waals surface area contributed by atoms with Gasteiger partial charge in [-0.25, -0.2) is 9.59 Å². The standard InChI is InChI=1S/C15H24O9/c1-2-3-4-5-6-22-13-12(24-14(20)10(19)8-17)11(9(18)7-16)23-15(13)21/h9-11,16-19H,2-8H2,1H3/t9-,10?,11+/m0/s1. The molecule has 9 nitrogen and oxygen atoms in total. The minimum Gasteiger partial charge on any atom is -0.484 e. The first kappa shape index (κ1) is 20.4. The Morgan fingerprint density at radius 1 is 1.21 bits per heavy atom. The van der Waals surface area contributed by atoms with E-state index in [2.05, 4.69) is 0 Å². The molecule has 1 aliphatic rings. The number of carbonyl (C=O) groups is 2. The number of aliphatic hydroxyl groups is 4. The maximum Gasteiger partial charge on any atom is 0.378 e. The average molecular weight is 348 g/mol. The molecule has 0 fully saturated rings. The van der Waals surface area contributed by atoms with Crippen LogP contribution < -0.4 is 0 Å². The summed E-state index contributed by atoms with van der Waals surface area (Å²) in [5.41, 5.74) is 0. The lowest BCUT2D eigenvalue weighted by Gasteiger charge is -2.18. The smallest absolute Gasteiger partial charge is 0.378 e. The van der Waals surface area contributed by atoms with Crippen LogP contribution in [0.1, 0.15) is 32.6 Å². The molecule has 0 saturated carbocycles. The van der Waals surface area contributed by atoms with E-state index in [-0.39, 0.29) is 12.4 Å². The van der Waals surface area contributed by atoms with Gasteiger partial charge in [0.25, 0.3) is 0 Å². The third kappa shape index (κ3) is 5.45. The fourth-order valence-corrected chi connectivity index (χ4v) is 1.99. The summed E-state index contributed by atoms with van der Waals surface area (Å²) in [6.45, 7) is 0.602. The van der Waals surface area contributed by atoms with Crippen molar-refractivity contribution in [3.8, 4) is 0 Å². The van der Waals surface area contributed by atoms with Crippen molar-refractivity contribution in [3.05, 3.63) is 11.5 Å². The largest absolute Gasteiger partial charge is 0.484 e. The van der Waals surface area contributed by atoms with Gasteiger partial charge in [-0.05, 0) is 6.42 Å². The van der Waals surface area contributed by atoms with Gasteiger partial charge in [0.2, 0.25) is 11.5 Å². The lowest BCUT2D eigenvalue weighted by molar-refractivity contribution is -0.157. The first-order valence-electron chi connectivity index (χ1n) is 7.83. The number of carbonyl (C=O) groups excluding carboxylic acids is 2. The third-order valence-electron chi connectivity index (χ3n) is 3.34. The number of unbranched alkanes of at least 4 members (excludes halogenated alkanes) is 3. The Morgan fingerprint density at radius 2 is 1.92 bits per heavy atom. The van der Waals surface area contributed by atoms with Gasteiger partial charge in [-0.3, -0.25) is 0 Å². The zero-order valence-corrected chi connectivity index (χ0v) is 13.5. The van der Waals surface area contributed by atoms with Gasteiger partial charge in [0, 0.05) is 0 Å². The molecule has 0 spiro atoms. The Labute approximate surface area is 139 Å². The number of hydrogen-bond donors (Lipinski definition) is 4. The van der Waals surface area contributed by atoms with Crippen molar-refractivity contribution in [1.82, 2.24) is 0 Å². The predicted molar refractivity (Wildman–Crippen MR) is 79.3 cm³/mol. The Balaban J connectivity index is 2.86. The minimum absolute atomic E-state index is 0.177. The maximum atomic E-state index is 11.9. The molecule has 138 valence electrons. The van der Waals surface area contributed by atoms with Gasteiger partial charge < -0.3 is 34.6 Å². The fourth-order valence-electron chi connectivity index (χ4n) is 1.99. The van der Waals surface area contributed by atoms with Crippen molar-refractivity contribution >= 4 is 11.9 Å². The lowest BCUT2D eigenvalue weighted by atomic mass is 10.2. The van der Waals surface area contributed by atoms with Crippen molar-refractivity contribution in [3.63, 3.8) is 0 Å². The van der Waals surface area contributed by atoms with Gasteiger partial charge in [-0.15, -0.1) is 0 Å². The zero-order valence-electron chi connectivity index (χ0n) is 13.5. The molecule has 1 rings (SSSR count). The van der Waals surface area contributed by atoms with Gasteiger partial charge in [-0.1, -0.05) is 26.2 Å². The number of cyclic esters (lactones) is 1. The molecular weight excluding hydrogens is 324 g/mol. The third-order valence-corrected chi connectivity index (χ3v) is 3.34.